The lowest BCUT2D eigenvalue weighted by molar-refractivity contribution is -0.139. The number of hydrogen-bond donors (Lipinski definition) is 2. The minimum atomic E-state index is -1.03. The molecular weight excluding hydrogens is 354 g/mol. The largest absolute Gasteiger partial charge is 0.480 e. The van der Waals surface area contributed by atoms with E-state index in [0.29, 0.717) is 27.2 Å². The summed E-state index contributed by atoms with van der Waals surface area (Å²) < 4.78 is 0.534. The first kappa shape index (κ1) is 16.3. The van der Waals surface area contributed by atoms with Crippen molar-refractivity contribution in [1.82, 2.24) is 5.32 Å². The van der Waals surface area contributed by atoms with Crippen LogP contribution in [0.15, 0.2) is 22.7 Å². The Morgan fingerprint density at radius 3 is 2.74 bits per heavy atom. The average molecular weight is 367 g/mol. The van der Waals surface area contributed by atoms with Crippen LogP contribution in [-0.4, -0.2) is 35.0 Å². The zero-order valence-electron chi connectivity index (χ0n) is 10.2. The molecule has 0 saturated heterocycles. The highest BCUT2D eigenvalue weighted by molar-refractivity contribution is 9.10. The van der Waals surface area contributed by atoms with Crippen molar-refractivity contribution in [2.45, 2.75) is 12.5 Å². The van der Waals surface area contributed by atoms with Gasteiger partial charge in [0.2, 0.25) is 0 Å². The van der Waals surface area contributed by atoms with E-state index in [1.807, 2.05) is 6.26 Å². The summed E-state index contributed by atoms with van der Waals surface area (Å²) in [6.45, 7) is 0. The first-order chi connectivity index (χ1) is 8.95. The Kier molecular flexibility index (Phi) is 6.68. The van der Waals surface area contributed by atoms with Gasteiger partial charge in [0.15, 0.2) is 0 Å². The first-order valence-electron chi connectivity index (χ1n) is 5.43. The molecule has 7 heteroatoms. The van der Waals surface area contributed by atoms with Gasteiger partial charge in [0, 0.05) is 9.50 Å². The van der Waals surface area contributed by atoms with Crippen LogP contribution < -0.4 is 5.32 Å². The van der Waals surface area contributed by atoms with Gasteiger partial charge in [0.25, 0.3) is 5.91 Å². The molecule has 1 aromatic carbocycles. The average Bonchev–Trinajstić information content (AvgIpc) is 2.33. The monoisotopic (exact) mass is 365 g/mol. The van der Waals surface area contributed by atoms with Crippen LogP contribution in [0.5, 0.6) is 0 Å². The number of benzene rings is 1. The molecule has 0 unspecified atom stereocenters. The summed E-state index contributed by atoms with van der Waals surface area (Å²) >= 11 is 10.6. The zero-order valence-corrected chi connectivity index (χ0v) is 13.3. The standard InChI is InChI=1S/C12H13BrClNO3S/c1-19-5-4-10(12(17)18)15-11(16)8-3-2-7(14)6-9(8)13/h2-3,6,10H,4-5H2,1H3,(H,15,16)(H,17,18)/t10-/m1/s1. The number of carboxylic acid groups (broad SMARTS) is 1. The van der Waals surface area contributed by atoms with Gasteiger partial charge in [-0.25, -0.2) is 4.79 Å². The minimum absolute atomic E-state index is 0.361. The Morgan fingerprint density at radius 1 is 1.53 bits per heavy atom. The van der Waals surface area contributed by atoms with E-state index in [4.69, 9.17) is 16.7 Å². The summed E-state index contributed by atoms with van der Waals surface area (Å²) in [5, 5.41) is 12.1. The predicted molar refractivity (Wildman–Crippen MR) is 81.0 cm³/mol. The third-order valence-corrected chi connectivity index (χ3v) is 3.92. The van der Waals surface area contributed by atoms with E-state index in [1.165, 1.54) is 11.8 Å². The molecule has 0 saturated carbocycles. The van der Waals surface area contributed by atoms with Crippen LogP contribution in [0.3, 0.4) is 0 Å². The molecule has 19 heavy (non-hydrogen) atoms. The van der Waals surface area contributed by atoms with Gasteiger partial charge in [-0.3, -0.25) is 4.79 Å². The lowest BCUT2D eigenvalue weighted by atomic mass is 10.1. The second kappa shape index (κ2) is 7.77. The van der Waals surface area contributed by atoms with Crippen LogP contribution in [0.2, 0.25) is 5.02 Å². The third-order valence-electron chi connectivity index (χ3n) is 2.39. The van der Waals surface area contributed by atoms with Gasteiger partial charge in [-0.05, 0) is 52.6 Å². The first-order valence-corrected chi connectivity index (χ1v) is 8.00. The molecule has 1 aromatic rings. The number of halogens is 2. The predicted octanol–water partition coefficient (Wildman–Crippen LogP) is 3.04. The Balaban J connectivity index is 2.78. The second-order valence-electron chi connectivity index (χ2n) is 3.77. The van der Waals surface area contributed by atoms with Gasteiger partial charge in [0.05, 0.1) is 5.56 Å². The SMILES string of the molecule is CSCC[C@@H](NC(=O)c1ccc(Cl)cc1Br)C(=O)O. The number of nitrogens with one attached hydrogen (secondary N) is 1. The lowest BCUT2D eigenvalue weighted by Crippen LogP contribution is -2.41. The molecule has 0 spiro atoms. The number of hydrogen-bond acceptors (Lipinski definition) is 3. The maximum Gasteiger partial charge on any atom is 0.326 e. The van der Waals surface area contributed by atoms with Gasteiger partial charge in [0.1, 0.15) is 6.04 Å². The number of rotatable bonds is 6. The van der Waals surface area contributed by atoms with Crippen molar-refractivity contribution in [2.75, 3.05) is 12.0 Å². The molecule has 0 bridgehead atoms. The fourth-order valence-electron chi connectivity index (χ4n) is 1.40. The number of amides is 1. The summed E-state index contributed by atoms with van der Waals surface area (Å²) in [4.78, 5) is 23.1. The Hall–Kier alpha value is -0.720. The molecular formula is C12H13BrClNO3S. The summed E-state index contributed by atoms with van der Waals surface area (Å²) in [7, 11) is 0. The van der Waals surface area contributed by atoms with E-state index in [0.717, 1.165) is 0 Å². The molecule has 0 fully saturated rings. The van der Waals surface area contributed by atoms with Crippen LogP contribution in [0.25, 0.3) is 0 Å². The van der Waals surface area contributed by atoms with E-state index in [2.05, 4.69) is 21.2 Å². The van der Waals surface area contributed by atoms with E-state index >= 15 is 0 Å². The number of aliphatic carboxylic acids is 1. The van der Waals surface area contributed by atoms with Gasteiger partial charge in [-0.2, -0.15) is 11.8 Å². The normalized spacial score (nSPS) is 11.9. The summed E-state index contributed by atoms with van der Waals surface area (Å²) in [6.07, 6.45) is 2.27. The maximum atomic E-state index is 12.0. The number of carbonyl (C=O) groups is 2. The molecule has 4 nitrogen and oxygen atoms in total. The van der Waals surface area contributed by atoms with E-state index in [9.17, 15) is 9.59 Å². The van der Waals surface area contributed by atoms with Crippen LogP contribution in [0, 0.1) is 0 Å². The van der Waals surface area contributed by atoms with Crippen molar-refractivity contribution >= 4 is 51.2 Å². The van der Waals surface area contributed by atoms with E-state index in [-0.39, 0.29) is 0 Å². The van der Waals surface area contributed by atoms with Crippen LogP contribution in [-0.2, 0) is 4.79 Å². The van der Waals surface area contributed by atoms with Gasteiger partial charge < -0.3 is 10.4 Å². The zero-order chi connectivity index (χ0) is 14.4. The molecule has 104 valence electrons. The third kappa shape index (κ3) is 5.04. The highest BCUT2D eigenvalue weighted by Crippen LogP contribution is 2.21. The quantitative estimate of drug-likeness (QED) is 0.812. The highest BCUT2D eigenvalue weighted by Gasteiger charge is 2.21. The summed E-state index contributed by atoms with van der Waals surface area (Å²) in [5.74, 6) is -0.802. The van der Waals surface area contributed by atoms with E-state index < -0.39 is 17.9 Å². The summed E-state index contributed by atoms with van der Waals surface area (Å²) in [6, 6.07) is 3.84. The number of carbonyl (C=O) groups excluding carboxylic acids is 1. The smallest absolute Gasteiger partial charge is 0.326 e. The molecule has 0 aliphatic carbocycles. The van der Waals surface area contributed by atoms with Crippen molar-refractivity contribution in [3.05, 3.63) is 33.3 Å². The Labute approximate surface area is 129 Å². The summed E-state index contributed by atoms with van der Waals surface area (Å²) in [5.41, 5.74) is 0.361. The lowest BCUT2D eigenvalue weighted by Gasteiger charge is -2.14. The van der Waals surface area contributed by atoms with Crippen molar-refractivity contribution in [3.8, 4) is 0 Å². The second-order valence-corrected chi connectivity index (χ2v) is 6.05. The molecule has 0 aliphatic heterocycles. The van der Waals surface area contributed by atoms with Gasteiger partial charge >= 0.3 is 5.97 Å². The van der Waals surface area contributed by atoms with Crippen LogP contribution in [0.4, 0.5) is 0 Å². The topological polar surface area (TPSA) is 66.4 Å². The molecule has 1 atom stereocenters. The Morgan fingerprint density at radius 2 is 2.21 bits per heavy atom. The minimum Gasteiger partial charge on any atom is -0.480 e. The number of carboxylic acids is 1. The molecule has 0 heterocycles. The molecule has 1 amide bonds. The van der Waals surface area contributed by atoms with E-state index in [1.54, 1.807) is 18.2 Å². The molecule has 0 radical (unpaired) electrons. The van der Waals surface area contributed by atoms with Crippen LogP contribution >= 0.6 is 39.3 Å². The highest BCUT2D eigenvalue weighted by atomic mass is 79.9. The van der Waals surface area contributed by atoms with Crippen molar-refractivity contribution in [3.63, 3.8) is 0 Å². The van der Waals surface area contributed by atoms with Crippen molar-refractivity contribution in [1.29, 1.82) is 0 Å². The fraction of sp³-hybridized carbons (Fsp3) is 0.333. The Bertz CT molecular complexity index is 484. The number of thioether (sulfide) groups is 1. The van der Waals surface area contributed by atoms with Crippen molar-refractivity contribution in [2.24, 2.45) is 0 Å². The molecule has 0 aliphatic rings. The molecule has 2 N–H and O–H groups in total. The van der Waals surface area contributed by atoms with Gasteiger partial charge in [-0.15, -0.1) is 0 Å². The fourth-order valence-corrected chi connectivity index (χ4v) is 2.74. The van der Waals surface area contributed by atoms with Gasteiger partial charge in [-0.1, -0.05) is 11.6 Å². The maximum absolute atomic E-state index is 12.0. The molecule has 1 rings (SSSR count). The van der Waals surface area contributed by atoms with Crippen LogP contribution in [0.1, 0.15) is 16.8 Å². The molecule has 0 aromatic heterocycles. The van der Waals surface area contributed by atoms with Crippen molar-refractivity contribution < 1.29 is 14.7 Å².